The van der Waals surface area contributed by atoms with Crippen molar-refractivity contribution < 1.29 is 19.0 Å². The number of carbonyl (C=O) groups is 1. The predicted molar refractivity (Wildman–Crippen MR) is 70.6 cm³/mol. The van der Waals surface area contributed by atoms with E-state index >= 15 is 0 Å². The molecule has 0 saturated carbocycles. The summed E-state index contributed by atoms with van der Waals surface area (Å²) in [6, 6.07) is 11.9. The zero-order valence-corrected chi connectivity index (χ0v) is 10.3. The van der Waals surface area contributed by atoms with Crippen LogP contribution in [0.5, 0.6) is 23.0 Å². The molecule has 0 atom stereocenters. The second-order valence-corrected chi connectivity index (χ2v) is 3.67. The standard InChI is InChI=1S/C14H13NO4/c1-17-14-8-10(18-9-16)6-7-13(14)19-12-5-3-2-4-11(12)15/h2-9H,15H2,1H3. The lowest BCUT2D eigenvalue weighted by Gasteiger charge is -2.12. The van der Waals surface area contributed by atoms with Gasteiger partial charge in [-0.1, -0.05) is 12.1 Å². The molecule has 5 nitrogen and oxygen atoms in total. The number of para-hydroxylation sites is 2. The molecule has 2 rings (SSSR count). The van der Waals surface area contributed by atoms with Crippen LogP contribution in [0.15, 0.2) is 42.5 Å². The van der Waals surface area contributed by atoms with Crippen molar-refractivity contribution in [2.24, 2.45) is 0 Å². The minimum Gasteiger partial charge on any atom is -0.493 e. The van der Waals surface area contributed by atoms with E-state index < -0.39 is 0 Å². The highest BCUT2D eigenvalue weighted by molar-refractivity contribution is 5.56. The van der Waals surface area contributed by atoms with Crippen molar-refractivity contribution in [2.75, 3.05) is 12.8 Å². The molecule has 0 fully saturated rings. The Morgan fingerprint density at radius 1 is 1.05 bits per heavy atom. The molecule has 5 heteroatoms. The Kier molecular flexibility index (Phi) is 3.87. The first-order valence-electron chi connectivity index (χ1n) is 5.55. The van der Waals surface area contributed by atoms with E-state index in [-0.39, 0.29) is 0 Å². The summed E-state index contributed by atoms with van der Waals surface area (Å²) in [5.74, 6) is 1.84. The van der Waals surface area contributed by atoms with Crippen LogP contribution < -0.4 is 19.9 Å². The van der Waals surface area contributed by atoms with Crippen LogP contribution in [0.2, 0.25) is 0 Å². The van der Waals surface area contributed by atoms with Crippen molar-refractivity contribution >= 4 is 12.2 Å². The van der Waals surface area contributed by atoms with E-state index in [2.05, 4.69) is 0 Å². The van der Waals surface area contributed by atoms with Gasteiger partial charge < -0.3 is 19.9 Å². The molecule has 0 unspecified atom stereocenters. The molecule has 0 aliphatic carbocycles. The number of rotatable bonds is 5. The van der Waals surface area contributed by atoms with Crippen LogP contribution in [0, 0.1) is 0 Å². The molecule has 0 radical (unpaired) electrons. The molecule has 0 aromatic heterocycles. The zero-order chi connectivity index (χ0) is 13.7. The normalized spacial score (nSPS) is 9.74. The highest BCUT2D eigenvalue weighted by atomic mass is 16.5. The third-order valence-electron chi connectivity index (χ3n) is 2.46. The summed E-state index contributed by atoms with van der Waals surface area (Å²) in [4.78, 5) is 10.3. The quantitative estimate of drug-likeness (QED) is 0.660. The van der Waals surface area contributed by atoms with Gasteiger partial charge in [0.1, 0.15) is 5.75 Å². The van der Waals surface area contributed by atoms with Crippen LogP contribution in [0.25, 0.3) is 0 Å². The number of methoxy groups -OCH3 is 1. The molecular weight excluding hydrogens is 246 g/mol. The minimum absolute atomic E-state index is 0.352. The van der Waals surface area contributed by atoms with Gasteiger partial charge in [-0.25, -0.2) is 0 Å². The lowest BCUT2D eigenvalue weighted by Crippen LogP contribution is -1.95. The van der Waals surface area contributed by atoms with Crippen molar-refractivity contribution in [1.29, 1.82) is 0 Å². The van der Waals surface area contributed by atoms with Gasteiger partial charge in [0.05, 0.1) is 12.8 Å². The highest BCUT2D eigenvalue weighted by Crippen LogP contribution is 2.36. The predicted octanol–water partition coefficient (Wildman–Crippen LogP) is 2.60. The largest absolute Gasteiger partial charge is 0.493 e. The van der Waals surface area contributed by atoms with Gasteiger partial charge in [-0.15, -0.1) is 0 Å². The average molecular weight is 259 g/mol. The number of hydrogen-bond donors (Lipinski definition) is 1. The maximum absolute atomic E-state index is 10.3. The van der Waals surface area contributed by atoms with Gasteiger partial charge in [0.25, 0.3) is 6.47 Å². The molecule has 19 heavy (non-hydrogen) atoms. The van der Waals surface area contributed by atoms with Crippen LogP contribution in [0.1, 0.15) is 0 Å². The van der Waals surface area contributed by atoms with Crippen molar-refractivity contribution in [3.63, 3.8) is 0 Å². The van der Waals surface area contributed by atoms with E-state index in [0.717, 1.165) is 0 Å². The van der Waals surface area contributed by atoms with Gasteiger partial charge in [0.15, 0.2) is 17.2 Å². The fourth-order valence-electron chi connectivity index (χ4n) is 1.55. The summed E-state index contributed by atoms with van der Waals surface area (Å²) >= 11 is 0. The smallest absolute Gasteiger partial charge is 0.298 e. The number of benzene rings is 2. The Hall–Kier alpha value is -2.69. The van der Waals surface area contributed by atoms with Gasteiger partial charge in [-0.3, -0.25) is 4.79 Å². The number of anilines is 1. The SMILES string of the molecule is COc1cc(OC=O)ccc1Oc1ccccc1N. The Labute approximate surface area is 110 Å². The first kappa shape index (κ1) is 12.8. The molecule has 0 amide bonds. The molecule has 0 saturated heterocycles. The summed E-state index contributed by atoms with van der Waals surface area (Å²) in [5, 5.41) is 0. The van der Waals surface area contributed by atoms with Crippen LogP contribution in [0.3, 0.4) is 0 Å². The molecular formula is C14H13NO4. The maximum Gasteiger partial charge on any atom is 0.298 e. The maximum atomic E-state index is 10.3. The summed E-state index contributed by atoms with van der Waals surface area (Å²) in [6.45, 7) is 0.352. The third-order valence-corrected chi connectivity index (χ3v) is 2.46. The van der Waals surface area contributed by atoms with Crippen LogP contribution in [-0.4, -0.2) is 13.6 Å². The molecule has 0 bridgehead atoms. The monoisotopic (exact) mass is 259 g/mol. The summed E-state index contributed by atoms with van der Waals surface area (Å²) < 4.78 is 15.6. The van der Waals surface area contributed by atoms with E-state index in [1.54, 1.807) is 30.3 Å². The van der Waals surface area contributed by atoms with Gasteiger partial charge in [-0.05, 0) is 24.3 Å². The lowest BCUT2D eigenvalue weighted by atomic mass is 10.2. The Balaban J connectivity index is 2.30. The molecule has 0 spiro atoms. The second kappa shape index (κ2) is 5.77. The topological polar surface area (TPSA) is 70.8 Å². The first-order chi connectivity index (χ1) is 9.24. The third kappa shape index (κ3) is 2.95. The van der Waals surface area contributed by atoms with E-state index in [1.165, 1.54) is 7.11 Å². The van der Waals surface area contributed by atoms with Crippen molar-refractivity contribution in [2.45, 2.75) is 0 Å². The van der Waals surface area contributed by atoms with E-state index in [4.69, 9.17) is 19.9 Å². The summed E-state index contributed by atoms with van der Waals surface area (Å²) in [6.07, 6.45) is 0. The van der Waals surface area contributed by atoms with Crippen LogP contribution in [0.4, 0.5) is 5.69 Å². The van der Waals surface area contributed by atoms with Gasteiger partial charge in [-0.2, -0.15) is 0 Å². The zero-order valence-electron chi connectivity index (χ0n) is 10.3. The van der Waals surface area contributed by atoms with Crippen LogP contribution in [-0.2, 0) is 4.79 Å². The van der Waals surface area contributed by atoms with Crippen molar-refractivity contribution in [1.82, 2.24) is 0 Å². The minimum atomic E-state index is 0.352. The average Bonchev–Trinajstić information content (AvgIpc) is 2.43. The fraction of sp³-hybridized carbons (Fsp3) is 0.0714. The highest BCUT2D eigenvalue weighted by Gasteiger charge is 2.09. The fourth-order valence-corrected chi connectivity index (χ4v) is 1.55. The molecule has 0 aliphatic heterocycles. The molecule has 2 aromatic rings. The molecule has 2 N–H and O–H groups in total. The Morgan fingerprint density at radius 3 is 2.53 bits per heavy atom. The van der Waals surface area contributed by atoms with Gasteiger partial charge in [0, 0.05) is 6.07 Å². The van der Waals surface area contributed by atoms with E-state index in [0.29, 0.717) is 35.2 Å². The van der Waals surface area contributed by atoms with Gasteiger partial charge >= 0.3 is 0 Å². The molecule has 0 aliphatic rings. The summed E-state index contributed by atoms with van der Waals surface area (Å²) in [5.41, 5.74) is 6.33. The van der Waals surface area contributed by atoms with E-state index in [9.17, 15) is 4.79 Å². The van der Waals surface area contributed by atoms with Crippen LogP contribution >= 0.6 is 0 Å². The number of hydrogen-bond acceptors (Lipinski definition) is 5. The van der Waals surface area contributed by atoms with Gasteiger partial charge in [0.2, 0.25) is 0 Å². The molecule has 0 heterocycles. The number of nitrogen functional groups attached to an aromatic ring is 1. The number of carbonyl (C=O) groups excluding carboxylic acids is 1. The molecule has 98 valence electrons. The first-order valence-corrected chi connectivity index (χ1v) is 5.55. The molecule has 2 aromatic carbocycles. The summed E-state index contributed by atoms with van der Waals surface area (Å²) in [7, 11) is 1.50. The Morgan fingerprint density at radius 2 is 1.84 bits per heavy atom. The number of ether oxygens (including phenoxy) is 3. The lowest BCUT2D eigenvalue weighted by molar-refractivity contribution is -0.120. The van der Waals surface area contributed by atoms with Crippen molar-refractivity contribution in [3.8, 4) is 23.0 Å². The van der Waals surface area contributed by atoms with Crippen molar-refractivity contribution in [3.05, 3.63) is 42.5 Å². The van der Waals surface area contributed by atoms with E-state index in [1.807, 2.05) is 12.1 Å². The Bertz CT molecular complexity index is 583. The second-order valence-electron chi connectivity index (χ2n) is 3.67. The number of nitrogens with two attached hydrogens (primary N) is 1.